The first-order valence-electron chi connectivity index (χ1n) is 18.2. The summed E-state index contributed by atoms with van der Waals surface area (Å²) in [6, 6.07) is 66.1. The van der Waals surface area contributed by atoms with Crippen LogP contribution in [0.4, 0.5) is 17.1 Å². The average molecular weight is 697 g/mol. The minimum atomic E-state index is -0.0988. The zero-order valence-electron chi connectivity index (χ0n) is 29.6. The summed E-state index contributed by atoms with van der Waals surface area (Å²) in [5.74, 6) is 0. The van der Waals surface area contributed by atoms with Crippen LogP contribution in [0.2, 0.25) is 0 Å². The van der Waals surface area contributed by atoms with E-state index in [1.807, 2.05) is 0 Å². The Kier molecular flexibility index (Phi) is 7.38. The van der Waals surface area contributed by atoms with Gasteiger partial charge in [-0.05, 0) is 97.7 Å². The van der Waals surface area contributed by atoms with Crippen molar-refractivity contribution >= 4 is 49.4 Å². The molecule has 1 aliphatic carbocycles. The first-order valence-corrected chi connectivity index (χ1v) is 19.0. The Morgan fingerprint density at radius 3 is 1.91 bits per heavy atom. The van der Waals surface area contributed by atoms with Crippen molar-refractivity contribution in [1.29, 1.82) is 0 Å². The Morgan fingerprint density at radius 2 is 1.06 bits per heavy atom. The molecule has 2 nitrogen and oxygen atoms in total. The van der Waals surface area contributed by atoms with Crippen LogP contribution >= 0.6 is 11.3 Å². The van der Waals surface area contributed by atoms with Gasteiger partial charge in [-0.3, -0.25) is 0 Å². The molecule has 0 fully saturated rings. The number of nitrogens with zero attached hydrogens (tertiary/aromatic N) is 2. The van der Waals surface area contributed by atoms with Crippen LogP contribution in [0.25, 0.3) is 64.9 Å². The number of benzene rings is 8. The predicted molar refractivity (Wildman–Crippen MR) is 226 cm³/mol. The summed E-state index contributed by atoms with van der Waals surface area (Å²) in [5, 5.41) is 3.54. The van der Waals surface area contributed by atoms with Gasteiger partial charge in [0.25, 0.3) is 0 Å². The maximum atomic E-state index is 5.09. The molecule has 9 aromatic rings. The topological polar surface area (TPSA) is 16.1 Å². The molecule has 8 aromatic carbocycles. The van der Waals surface area contributed by atoms with Crippen LogP contribution in [0.3, 0.4) is 0 Å². The lowest BCUT2D eigenvalue weighted by molar-refractivity contribution is 0.660. The lowest BCUT2D eigenvalue weighted by Gasteiger charge is -2.28. The maximum Gasteiger partial charge on any atom is 0.124 e. The van der Waals surface area contributed by atoms with Crippen LogP contribution in [0.5, 0.6) is 0 Å². The van der Waals surface area contributed by atoms with E-state index in [-0.39, 0.29) is 5.41 Å². The van der Waals surface area contributed by atoms with Gasteiger partial charge in [-0.15, -0.1) is 11.3 Å². The molecule has 0 saturated carbocycles. The highest BCUT2D eigenvalue weighted by Crippen LogP contribution is 2.51. The van der Waals surface area contributed by atoms with Gasteiger partial charge in [0.2, 0.25) is 0 Å². The van der Waals surface area contributed by atoms with Gasteiger partial charge >= 0.3 is 0 Å². The third-order valence-corrected chi connectivity index (χ3v) is 12.0. The van der Waals surface area contributed by atoms with Gasteiger partial charge in [0.1, 0.15) is 5.01 Å². The second kappa shape index (κ2) is 12.4. The number of aromatic nitrogens is 1. The second-order valence-electron chi connectivity index (χ2n) is 14.4. The van der Waals surface area contributed by atoms with E-state index in [1.54, 1.807) is 11.3 Å². The number of fused-ring (bicyclic) bond motifs is 5. The zero-order valence-corrected chi connectivity index (χ0v) is 30.4. The van der Waals surface area contributed by atoms with Crippen LogP contribution in [-0.2, 0) is 5.41 Å². The minimum absolute atomic E-state index is 0.0988. The SMILES string of the molecule is CC1(C)c2ccccc2-c2ccc(N(c3ccc(-c4cccc5ccccc45)cc3)c3ccc4nc(-c5ccc(-c6ccccc6)cc5)sc4c3)cc21. The van der Waals surface area contributed by atoms with Crippen molar-refractivity contribution in [2.45, 2.75) is 19.3 Å². The smallest absolute Gasteiger partial charge is 0.124 e. The van der Waals surface area contributed by atoms with Crippen molar-refractivity contribution in [2.24, 2.45) is 0 Å². The number of hydrogen-bond acceptors (Lipinski definition) is 3. The Hall–Kier alpha value is -6.29. The Morgan fingerprint density at radius 1 is 0.453 bits per heavy atom. The van der Waals surface area contributed by atoms with E-state index < -0.39 is 0 Å². The molecule has 1 heterocycles. The van der Waals surface area contributed by atoms with Gasteiger partial charge in [-0.1, -0.05) is 153 Å². The fraction of sp³-hybridized carbons (Fsp3) is 0.0600. The van der Waals surface area contributed by atoms with E-state index in [4.69, 9.17) is 4.98 Å². The van der Waals surface area contributed by atoms with E-state index in [2.05, 4.69) is 201 Å². The van der Waals surface area contributed by atoms with E-state index in [0.29, 0.717) is 0 Å². The quantitative estimate of drug-likeness (QED) is 0.172. The summed E-state index contributed by atoms with van der Waals surface area (Å²) in [4.78, 5) is 7.49. The molecule has 1 aliphatic rings. The molecule has 53 heavy (non-hydrogen) atoms. The van der Waals surface area contributed by atoms with Gasteiger partial charge < -0.3 is 4.90 Å². The van der Waals surface area contributed by atoms with Gasteiger partial charge in [0, 0.05) is 28.0 Å². The van der Waals surface area contributed by atoms with Crippen LogP contribution < -0.4 is 4.90 Å². The highest BCUT2D eigenvalue weighted by molar-refractivity contribution is 7.21. The second-order valence-corrected chi connectivity index (χ2v) is 15.5. The third-order valence-electron chi connectivity index (χ3n) is 10.9. The van der Waals surface area contributed by atoms with Crippen molar-refractivity contribution in [3.8, 4) is 44.0 Å². The first kappa shape index (κ1) is 31.4. The fourth-order valence-corrected chi connectivity index (χ4v) is 9.16. The van der Waals surface area contributed by atoms with Crippen molar-refractivity contribution in [2.75, 3.05) is 4.90 Å². The summed E-state index contributed by atoms with van der Waals surface area (Å²) in [6.07, 6.45) is 0. The normalized spacial score (nSPS) is 12.9. The van der Waals surface area contributed by atoms with Gasteiger partial charge in [-0.25, -0.2) is 4.98 Å². The summed E-state index contributed by atoms with van der Waals surface area (Å²) in [7, 11) is 0. The summed E-state index contributed by atoms with van der Waals surface area (Å²) >= 11 is 1.75. The molecular formula is C50H36N2S. The summed E-state index contributed by atoms with van der Waals surface area (Å²) in [5.41, 5.74) is 15.7. The molecule has 3 heteroatoms. The molecule has 0 N–H and O–H groups in total. The van der Waals surface area contributed by atoms with E-state index in [1.165, 1.54) is 55.3 Å². The van der Waals surface area contributed by atoms with Crippen LogP contribution in [0.1, 0.15) is 25.0 Å². The van der Waals surface area contributed by atoms with Gasteiger partial charge in [0.05, 0.1) is 10.2 Å². The number of thiazole rings is 1. The fourth-order valence-electron chi connectivity index (χ4n) is 8.16. The van der Waals surface area contributed by atoms with Crippen LogP contribution in [-0.4, -0.2) is 4.98 Å². The van der Waals surface area contributed by atoms with Crippen molar-refractivity contribution in [3.05, 3.63) is 193 Å². The lowest BCUT2D eigenvalue weighted by atomic mass is 9.82. The molecule has 0 amide bonds. The van der Waals surface area contributed by atoms with E-state index in [0.717, 1.165) is 37.8 Å². The number of hydrogen-bond donors (Lipinski definition) is 0. The highest BCUT2D eigenvalue weighted by Gasteiger charge is 2.35. The van der Waals surface area contributed by atoms with Gasteiger partial charge in [0.15, 0.2) is 0 Å². The number of rotatable bonds is 6. The third kappa shape index (κ3) is 5.35. The number of anilines is 3. The summed E-state index contributed by atoms with van der Waals surface area (Å²) < 4.78 is 1.16. The monoisotopic (exact) mass is 696 g/mol. The minimum Gasteiger partial charge on any atom is -0.310 e. The van der Waals surface area contributed by atoms with Crippen LogP contribution in [0, 0.1) is 0 Å². The largest absolute Gasteiger partial charge is 0.310 e. The van der Waals surface area contributed by atoms with Crippen LogP contribution in [0.15, 0.2) is 182 Å². The van der Waals surface area contributed by atoms with E-state index >= 15 is 0 Å². The summed E-state index contributed by atoms with van der Waals surface area (Å²) in [6.45, 7) is 4.70. The van der Waals surface area contributed by atoms with Gasteiger partial charge in [-0.2, -0.15) is 0 Å². The molecule has 10 rings (SSSR count). The Labute approximate surface area is 314 Å². The Bertz CT molecular complexity index is 2790. The first-order chi connectivity index (χ1) is 26.0. The molecule has 0 radical (unpaired) electrons. The molecular weight excluding hydrogens is 661 g/mol. The zero-order chi connectivity index (χ0) is 35.5. The molecule has 252 valence electrons. The average Bonchev–Trinajstić information content (AvgIpc) is 3.74. The molecule has 1 aromatic heterocycles. The van der Waals surface area contributed by atoms with Crippen molar-refractivity contribution in [3.63, 3.8) is 0 Å². The molecule has 0 bridgehead atoms. The van der Waals surface area contributed by atoms with Crippen molar-refractivity contribution < 1.29 is 0 Å². The standard InChI is InChI=1S/C50H36N2S/c1-50(2)45-18-9-8-16-43(45)44-29-27-39(31-46(44)50)52(38-25-23-36(24-26-38)42-17-10-14-35-13-6-7-15-41(35)42)40-28-30-47-48(32-40)53-49(51-47)37-21-19-34(20-22-37)33-11-4-3-5-12-33/h3-32H,1-2H3. The maximum absolute atomic E-state index is 5.09. The molecule has 0 aliphatic heterocycles. The van der Waals surface area contributed by atoms with Crippen molar-refractivity contribution in [1.82, 2.24) is 4.98 Å². The molecule has 0 atom stereocenters. The molecule has 0 unspecified atom stereocenters. The highest BCUT2D eigenvalue weighted by atomic mass is 32.1. The Balaban J connectivity index is 1.07. The lowest BCUT2D eigenvalue weighted by Crippen LogP contribution is -2.16. The predicted octanol–water partition coefficient (Wildman–Crippen LogP) is 14.2. The van der Waals surface area contributed by atoms with E-state index in [9.17, 15) is 0 Å². The molecule has 0 spiro atoms. The molecule has 0 saturated heterocycles.